The van der Waals surface area contributed by atoms with Crippen molar-refractivity contribution in [3.05, 3.63) is 68.8 Å². The van der Waals surface area contributed by atoms with Crippen LogP contribution in [0.4, 0.5) is 10.5 Å². The molecule has 1 aliphatic heterocycles. The van der Waals surface area contributed by atoms with E-state index in [1.807, 2.05) is 48.7 Å². The minimum atomic E-state index is -0.315. The molecule has 0 saturated carbocycles. The molecular formula is C19H16BrN5OS. The molecular weight excluding hydrogens is 426 g/mol. The lowest BCUT2D eigenvalue weighted by molar-refractivity contribution is 0.240. The van der Waals surface area contributed by atoms with Crippen LogP contribution in [0.1, 0.15) is 23.5 Å². The number of rotatable bonds is 3. The van der Waals surface area contributed by atoms with E-state index in [-0.39, 0.29) is 12.1 Å². The molecule has 0 fully saturated rings. The largest absolute Gasteiger partial charge is 0.399 e. The number of amides is 2. The van der Waals surface area contributed by atoms with Gasteiger partial charge in [0.25, 0.3) is 0 Å². The highest BCUT2D eigenvalue weighted by Crippen LogP contribution is 2.37. The van der Waals surface area contributed by atoms with Crippen LogP contribution in [0.25, 0.3) is 16.8 Å². The zero-order valence-corrected chi connectivity index (χ0v) is 16.8. The smallest absolute Gasteiger partial charge is 0.319 e. The number of carbonyl (C=O) groups is 1. The van der Waals surface area contributed by atoms with Gasteiger partial charge < -0.3 is 16.4 Å². The van der Waals surface area contributed by atoms with E-state index in [4.69, 9.17) is 10.7 Å². The molecule has 27 heavy (non-hydrogen) atoms. The minimum absolute atomic E-state index is 0.237. The Bertz CT molecular complexity index is 1030. The van der Waals surface area contributed by atoms with Crippen molar-refractivity contribution in [2.45, 2.75) is 13.0 Å². The highest BCUT2D eigenvalue weighted by Gasteiger charge is 2.29. The maximum absolute atomic E-state index is 12.0. The standard InChI is InChI=1S/C19H16BrN5OS/c1-10-16(17(25-19(26)23-10)12-4-7-15(20)22-8-12)18-24-14(9-27-18)11-2-5-13(21)6-3-11/h2-9,17H,21H2,1H3,(H2,23,25,26). The van der Waals surface area contributed by atoms with Crippen LogP contribution in [-0.2, 0) is 0 Å². The van der Waals surface area contributed by atoms with Crippen molar-refractivity contribution < 1.29 is 4.79 Å². The van der Waals surface area contributed by atoms with Gasteiger partial charge >= 0.3 is 6.03 Å². The molecule has 0 aliphatic carbocycles. The molecule has 8 heteroatoms. The van der Waals surface area contributed by atoms with Crippen LogP contribution in [0.15, 0.2) is 58.3 Å². The van der Waals surface area contributed by atoms with Gasteiger partial charge in [-0.25, -0.2) is 14.8 Å². The van der Waals surface area contributed by atoms with Crippen molar-refractivity contribution in [3.8, 4) is 11.3 Å². The Morgan fingerprint density at radius 1 is 1.19 bits per heavy atom. The van der Waals surface area contributed by atoms with Gasteiger partial charge in [0.15, 0.2) is 0 Å². The highest BCUT2D eigenvalue weighted by atomic mass is 79.9. The molecule has 1 unspecified atom stereocenters. The zero-order valence-electron chi connectivity index (χ0n) is 14.4. The van der Waals surface area contributed by atoms with E-state index in [9.17, 15) is 4.79 Å². The van der Waals surface area contributed by atoms with E-state index in [1.54, 1.807) is 17.5 Å². The van der Waals surface area contributed by atoms with Crippen LogP contribution in [-0.4, -0.2) is 16.0 Å². The molecule has 0 radical (unpaired) electrons. The molecule has 0 spiro atoms. The molecule has 4 rings (SSSR count). The second-order valence-corrected chi connectivity index (χ2v) is 7.81. The van der Waals surface area contributed by atoms with E-state index in [0.29, 0.717) is 0 Å². The average molecular weight is 442 g/mol. The van der Waals surface area contributed by atoms with Crippen molar-refractivity contribution in [1.29, 1.82) is 0 Å². The first kappa shape index (κ1) is 17.7. The molecule has 6 nitrogen and oxygen atoms in total. The monoisotopic (exact) mass is 441 g/mol. The molecule has 1 aliphatic rings. The van der Waals surface area contributed by atoms with Gasteiger partial charge in [-0.15, -0.1) is 11.3 Å². The summed E-state index contributed by atoms with van der Waals surface area (Å²) in [5.41, 5.74) is 11.0. The fourth-order valence-corrected chi connectivity index (χ4v) is 4.16. The number of nitrogens with zero attached hydrogens (tertiary/aromatic N) is 2. The van der Waals surface area contributed by atoms with Crippen molar-refractivity contribution in [1.82, 2.24) is 20.6 Å². The van der Waals surface area contributed by atoms with Crippen molar-refractivity contribution in [2.75, 3.05) is 5.73 Å². The summed E-state index contributed by atoms with van der Waals surface area (Å²) in [7, 11) is 0. The summed E-state index contributed by atoms with van der Waals surface area (Å²) in [6.45, 7) is 1.89. The quantitative estimate of drug-likeness (QED) is 0.416. The molecule has 1 aromatic carbocycles. The topological polar surface area (TPSA) is 92.9 Å². The van der Waals surface area contributed by atoms with Crippen LogP contribution >= 0.6 is 27.3 Å². The first-order chi connectivity index (χ1) is 13.0. The number of anilines is 1. The molecule has 0 bridgehead atoms. The van der Waals surface area contributed by atoms with Gasteiger partial charge in [0.2, 0.25) is 0 Å². The Kier molecular flexibility index (Phi) is 4.67. The molecule has 2 aromatic heterocycles. The predicted octanol–water partition coefficient (Wildman–Crippen LogP) is 4.33. The number of carbonyl (C=O) groups excluding carboxylic acids is 1. The van der Waals surface area contributed by atoms with Crippen LogP contribution in [0.5, 0.6) is 0 Å². The lowest BCUT2D eigenvalue weighted by atomic mass is 9.97. The zero-order chi connectivity index (χ0) is 19.0. The van der Waals surface area contributed by atoms with Gasteiger partial charge in [0.1, 0.15) is 9.61 Å². The van der Waals surface area contributed by atoms with Gasteiger partial charge in [-0.2, -0.15) is 0 Å². The Labute approximate surface area is 168 Å². The normalized spacial score (nSPS) is 16.8. The van der Waals surface area contributed by atoms with E-state index >= 15 is 0 Å². The number of hydrogen-bond donors (Lipinski definition) is 3. The predicted molar refractivity (Wildman–Crippen MR) is 111 cm³/mol. The number of halogens is 1. The number of nitrogens with one attached hydrogen (secondary N) is 2. The second kappa shape index (κ2) is 7.13. The third-order valence-corrected chi connectivity index (χ3v) is 5.64. The fraction of sp³-hybridized carbons (Fsp3) is 0.105. The van der Waals surface area contributed by atoms with E-state index in [0.717, 1.165) is 43.4 Å². The number of hydrogen-bond acceptors (Lipinski definition) is 5. The minimum Gasteiger partial charge on any atom is -0.399 e. The molecule has 3 heterocycles. The first-order valence-corrected chi connectivity index (χ1v) is 9.90. The summed E-state index contributed by atoms with van der Waals surface area (Å²) in [6.07, 6.45) is 1.75. The molecule has 2 amide bonds. The van der Waals surface area contributed by atoms with Gasteiger partial charge in [-0.05, 0) is 46.6 Å². The van der Waals surface area contributed by atoms with Gasteiger partial charge in [0, 0.05) is 34.1 Å². The average Bonchev–Trinajstić information content (AvgIpc) is 3.12. The Balaban J connectivity index is 1.75. The van der Waals surface area contributed by atoms with Crippen LogP contribution in [0, 0.1) is 0 Å². The SMILES string of the molecule is CC1=C(c2nc(-c3ccc(N)cc3)cs2)C(c2ccc(Br)nc2)NC(=O)N1. The summed E-state index contributed by atoms with van der Waals surface area (Å²) in [5.74, 6) is 0. The van der Waals surface area contributed by atoms with Gasteiger partial charge in [-0.3, -0.25) is 0 Å². The molecule has 1 atom stereocenters. The number of allylic oxidation sites excluding steroid dienone is 1. The Morgan fingerprint density at radius 2 is 1.96 bits per heavy atom. The second-order valence-electron chi connectivity index (χ2n) is 6.14. The highest BCUT2D eigenvalue weighted by molar-refractivity contribution is 9.10. The lowest BCUT2D eigenvalue weighted by Crippen LogP contribution is -2.42. The summed E-state index contributed by atoms with van der Waals surface area (Å²) >= 11 is 4.89. The number of urea groups is 1. The summed E-state index contributed by atoms with van der Waals surface area (Å²) in [6, 6.07) is 10.9. The molecule has 4 N–H and O–H groups in total. The maximum atomic E-state index is 12.0. The number of nitrogens with two attached hydrogens (primary N) is 1. The van der Waals surface area contributed by atoms with E-state index in [1.165, 1.54) is 0 Å². The lowest BCUT2D eigenvalue weighted by Gasteiger charge is -2.28. The number of nitrogen functional groups attached to an aromatic ring is 1. The summed E-state index contributed by atoms with van der Waals surface area (Å²) in [5, 5.41) is 8.68. The fourth-order valence-electron chi connectivity index (χ4n) is 2.97. The van der Waals surface area contributed by atoms with Crippen LogP contribution in [0.3, 0.4) is 0 Å². The number of pyridine rings is 1. The molecule has 136 valence electrons. The van der Waals surface area contributed by atoms with Crippen molar-refractivity contribution in [3.63, 3.8) is 0 Å². The molecule has 0 saturated heterocycles. The summed E-state index contributed by atoms with van der Waals surface area (Å²) in [4.78, 5) is 21.1. The third-order valence-electron chi connectivity index (χ3n) is 4.29. The summed E-state index contributed by atoms with van der Waals surface area (Å²) < 4.78 is 0.744. The van der Waals surface area contributed by atoms with Gasteiger partial charge in [0.05, 0.1) is 11.7 Å². The van der Waals surface area contributed by atoms with Gasteiger partial charge in [-0.1, -0.05) is 18.2 Å². The van der Waals surface area contributed by atoms with Crippen molar-refractivity contribution in [2.24, 2.45) is 0 Å². The number of aromatic nitrogens is 2. The van der Waals surface area contributed by atoms with Crippen LogP contribution < -0.4 is 16.4 Å². The van der Waals surface area contributed by atoms with E-state index < -0.39 is 0 Å². The first-order valence-electron chi connectivity index (χ1n) is 8.23. The maximum Gasteiger partial charge on any atom is 0.319 e. The third kappa shape index (κ3) is 3.58. The number of thiazole rings is 1. The van der Waals surface area contributed by atoms with Crippen LogP contribution in [0.2, 0.25) is 0 Å². The molecule has 3 aromatic rings. The Hall–Kier alpha value is -2.71. The van der Waals surface area contributed by atoms with E-state index in [2.05, 4.69) is 31.5 Å². The van der Waals surface area contributed by atoms with Crippen molar-refractivity contribution >= 4 is 44.6 Å². The number of benzene rings is 1. The Morgan fingerprint density at radius 3 is 2.67 bits per heavy atom.